The minimum Gasteiger partial charge on any atom is -0.396 e. The summed E-state index contributed by atoms with van der Waals surface area (Å²) in [5, 5.41) is 8.91. The summed E-state index contributed by atoms with van der Waals surface area (Å²) in [5.74, 6) is 0.269. The van der Waals surface area contributed by atoms with Gasteiger partial charge < -0.3 is 15.8 Å². The van der Waals surface area contributed by atoms with E-state index in [-0.39, 0.29) is 18.5 Å². The van der Waals surface area contributed by atoms with E-state index in [1.54, 1.807) is 12.4 Å². The van der Waals surface area contributed by atoms with E-state index < -0.39 is 0 Å². The molecular weight excluding hydrogens is 206 g/mol. The molecule has 2 aromatic heterocycles. The van der Waals surface area contributed by atoms with Crippen LogP contribution in [0.25, 0.3) is 17.2 Å². The van der Waals surface area contributed by atoms with E-state index in [1.807, 2.05) is 13.0 Å². The fourth-order valence-corrected chi connectivity index (χ4v) is 1.31. The Balaban J connectivity index is 2.43. The highest BCUT2D eigenvalue weighted by atomic mass is 16.3. The van der Waals surface area contributed by atoms with Crippen molar-refractivity contribution in [3.8, 4) is 0 Å². The molecule has 0 bridgehead atoms. The van der Waals surface area contributed by atoms with Crippen molar-refractivity contribution in [1.82, 2.24) is 19.9 Å². The zero-order chi connectivity index (χ0) is 11.5. The van der Waals surface area contributed by atoms with Crippen molar-refractivity contribution in [2.24, 2.45) is 5.92 Å². The molecule has 0 saturated carbocycles. The highest BCUT2D eigenvalue weighted by molar-refractivity contribution is 5.80. The Morgan fingerprint density at radius 2 is 2.38 bits per heavy atom. The van der Waals surface area contributed by atoms with Crippen LogP contribution in [-0.2, 0) is 0 Å². The fraction of sp³-hybridized carbons (Fsp3) is 0.300. The molecule has 0 aromatic carbocycles. The lowest BCUT2D eigenvalue weighted by Gasteiger charge is -2.00. The minimum atomic E-state index is 0.0779. The monoisotopic (exact) mass is 219 g/mol. The van der Waals surface area contributed by atoms with Crippen LogP contribution in [0.2, 0.25) is 0 Å². The van der Waals surface area contributed by atoms with E-state index in [9.17, 15) is 0 Å². The molecule has 4 N–H and O–H groups in total. The molecule has 2 rings (SSSR count). The van der Waals surface area contributed by atoms with Gasteiger partial charge in [-0.2, -0.15) is 4.98 Å². The molecule has 2 aromatic rings. The van der Waals surface area contributed by atoms with Gasteiger partial charge in [-0.1, -0.05) is 13.0 Å². The Bertz CT molecular complexity index is 519. The number of nitrogens with zero attached hydrogens (tertiary/aromatic N) is 3. The molecule has 2 heterocycles. The van der Waals surface area contributed by atoms with Crippen LogP contribution in [-0.4, -0.2) is 31.6 Å². The van der Waals surface area contributed by atoms with Crippen molar-refractivity contribution in [2.45, 2.75) is 6.92 Å². The first-order valence-electron chi connectivity index (χ1n) is 4.96. The van der Waals surface area contributed by atoms with Crippen LogP contribution in [0.15, 0.2) is 12.4 Å². The van der Waals surface area contributed by atoms with Crippen LogP contribution in [0, 0.1) is 5.92 Å². The van der Waals surface area contributed by atoms with E-state index in [2.05, 4.69) is 19.9 Å². The second-order valence-corrected chi connectivity index (χ2v) is 3.59. The van der Waals surface area contributed by atoms with Gasteiger partial charge in [0.25, 0.3) is 0 Å². The minimum absolute atomic E-state index is 0.0779. The van der Waals surface area contributed by atoms with Crippen LogP contribution in [0.3, 0.4) is 0 Å². The largest absolute Gasteiger partial charge is 0.396 e. The Morgan fingerprint density at radius 1 is 1.56 bits per heavy atom. The van der Waals surface area contributed by atoms with E-state index in [4.69, 9.17) is 10.8 Å². The van der Waals surface area contributed by atoms with Crippen molar-refractivity contribution >= 4 is 23.2 Å². The van der Waals surface area contributed by atoms with Gasteiger partial charge in [0.1, 0.15) is 5.52 Å². The standard InChI is InChI=1S/C10H13N5O/c1-6(4-16)2-3-7-8-9(13-5-12-8)15-10(11)14-7/h2-3,5-6,16H,4H2,1H3,(H3,11,12,13,14,15)/b3-2+. The number of nitrogens with one attached hydrogen (secondary N) is 1. The lowest BCUT2D eigenvalue weighted by molar-refractivity contribution is 0.262. The molecule has 0 amide bonds. The Morgan fingerprint density at radius 3 is 3.12 bits per heavy atom. The number of aromatic nitrogens is 4. The summed E-state index contributed by atoms with van der Waals surface area (Å²) in [6.45, 7) is 2.01. The molecule has 16 heavy (non-hydrogen) atoms. The van der Waals surface area contributed by atoms with Gasteiger partial charge in [-0.25, -0.2) is 9.97 Å². The average molecular weight is 219 g/mol. The topological polar surface area (TPSA) is 101 Å². The molecule has 1 atom stereocenters. The van der Waals surface area contributed by atoms with Gasteiger partial charge in [-0.3, -0.25) is 0 Å². The van der Waals surface area contributed by atoms with Crippen LogP contribution < -0.4 is 5.73 Å². The number of imidazole rings is 1. The first kappa shape index (κ1) is 10.6. The van der Waals surface area contributed by atoms with Gasteiger partial charge >= 0.3 is 0 Å². The van der Waals surface area contributed by atoms with Crippen molar-refractivity contribution in [1.29, 1.82) is 0 Å². The normalized spacial score (nSPS) is 13.6. The molecule has 6 heteroatoms. The van der Waals surface area contributed by atoms with Gasteiger partial charge in [-0.05, 0) is 12.0 Å². The molecule has 0 fully saturated rings. The number of anilines is 1. The molecule has 0 aliphatic heterocycles. The lowest BCUT2D eigenvalue weighted by Crippen LogP contribution is -1.99. The zero-order valence-corrected chi connectivity index (χ0v) is 8.88. The third kappa shape index (κ3) is 2.01. The third-order valence-electron chi connectivity index (χ3n) is 2.20. The Hall–Kier alpha value is -1.95. The number of aromatic amines is 1. The summed E-state index contributed by atoms with van der Waals surface area (Å²) < 4.78 is 0. The summed E-state index contributed by atoms with van der Waals surface area (Å²) in [7, 11) is 0. The van der Waals surface area contributed by atoms with E-state index >= 15 is 0 Å². The van der Waals surface area contributed by atoms with Crippen LogP contribution in [0.5, 0.6) is 0 Å². The summed E-state index contributed by atoms with van der Waals surface area (Å²) >= 11 is 0. The van der Waals surface area contributed by atoms with E-state index in [0.717, 1.165) is 5.52 Å². The van der Waals surface area contributed by atoms with Gasteiger partial charge in [0.05, 0.1) is 12.0 Å². The van der Waals surface area contributed by atoms with E-state index in [1.165, 1.54) is 0 Å². The first-order chi connectivity index (χ1) is 7.70. The number of hydrogen-bond acceptors (Lipinski definition) is 5. The van der Waals surface area contributed by atoms with Gasteiger partial charge in [-0.15, -0.1) is 0 Å². The van der Waals surface area contributed by atoms with Gasteiger partial charge in [0.15, 0.2) is 5.65 Å². The lowest BCUT2D eigenvalue weighted by atomic mass is 10.1. The number of nitrogen functional groups attached to an aromatic ring is 1. The Labute approximate surface area is 92.3 Å². The highest BCUT2D eigenvalue weighted by Crippen LogP contribution is 2.14. The number of H-pyrrole nitrogens is 1. The maximum absolute atomic E-state index is 8.91. The maximum atomic E-state index is 8.91. The summed E-state index contributed by atoms with van der Waals surface area (Å²) in [6, 6.07) is 0. The number of hydrogen-bond donors (Lipinski definition) is 3. The second kappa shape index (κ2) is 4.28. The number of fused-ring (bicyclic) bond motifs is 1. The van der Waals surface area contributed by atoms with Crippen molar-refractivity contribution in [2.75, 3.05) is 12.3 Å². The molecule has 0 saturated heterocycles. The zero-order valence-electron chi connectivity index (χ0n) is 8.88. The molecule has 84 valence electrons. The third-order valence-corrected chi connectivity index (χ3v) is 2.20. The molecular formula is C10H13N5O. The smallest absolute Gasteiger partial charge is 0.222 e. The Kier molecular flexibility index (Phi) is 2.82. The summed E-state index contributed by atoms with van der Waals surface area (Å²) in [5.41, 5.74) is 7.54. The fourth-order valence-electron chi connectivity index (χ4n) is 1.31. The van der Waals surface area contributed by atoms with Crippen LogP contribution in [0.4, 0.5) is 5.95 Å². The molecule has 6 nitrogen and oxygen atoms in total. The van der Waals surface area contributed by atoms with Crippen LogP contribution in [0.1, 0.15) is 12.6 Å². The second-order valence-electron chi connectivity index (χ2n) is 3.59. The highest BCUT2D eigenvalue weighted by Gasteiger charge is 2.05. The van der Waals surface area contributed by atoms with Gasteiger partial charge in [0.2, 0.25) is 5.95 Å². The molecule has 0 spiro atoms. The number of nitrogens with two attached hydrogens (primary N) is 1. The molecule has 0 aliphatic carbocycles. The van der Waals surface area contributed by atoms with Gasteiger partial charge in [0, 0.05) is 6.61 Å². The van der Waals surface area contributed by atoms with Crippen molar-refractivity contribution in [3.63, 3.8) is 0 Å². The number of aliphatic hydroxyl groups is 1. The molecule has 0 radical (unpaired) electrons. The summed E-state index contributed by atoms with van der Waals surface area (Å²) in [4.78, 5) is 15.1. The molecule has 1 unspecified atom stereocenters. The van der Waals surface area contributed by atoms with E-state index in [0.29, 0.717) is 11.3 Å². The quantitative estimate of drug-likeness (QED) is 0.700. The van der Waals surface area contributed by atoms with Crippen LogP contribution >= 0.6 is 0 Å². The van der Waals surface area contributed by atoms with Crippen molar-refractivity contribution < 1.29 is 5.11 Å². The number of rotatable bonds is 3. The predicted octanol–water partition coefficient (Wildman–Crippen LogP) is 0.577. The first-order valence-corrected chi connectivity index (χ1v) is 4.96. The average Bonchev–Trinajstić information content (AvgIpc) is 2.73. The summed E-state index contributed by atoms with van der Waals surface area (Å²) in [6.07, 6.45) is 5.22. The van der Waals surface area contributed by atoms with Crippen molar-refractivity contribution in [3.05, 3.63) is 18.1 Å². The SMILES string of the molecule is CC(/C=C/c1nc(N)nc2nc[nH]c12)CO. The maximum Gasteiger partial charge on any atom is 0.222 e. The number of aliphatic hydroxyl groups excluding tert-OH is 1. The predicted molar refractivity (Wildman–Crippen MR) is 61.4 cm³/mol. The molecule has 0 aliphatic rings.